The van der Waals surface area contributed by atoms with Gasteiger partial charge in [0.1, 0.15) is 0 Å². The molecule has 0 saturated heterocycles. The Labute approximate surface area is 112 Å². The number of aryl methyl sites for hydroxylation is 1. The van der Waals surface area contributed by atoms with Crippen LogP contribution in [0.5, 0.6) is 0 Å². The van der Waals surface area contributed by atoms with Gasteiger partial charge in [-0.05, 0) is 19.1 Å². The van der Waals surface area contributed by atoms with Gasteiger partial charge in [0, 0.05) is 6.07 Å². The first-order valence-corrected chi connectivity index (χ1v) is 5.93. The number of fused-ring (bicyclic) bond motifs is 1. The number of nitrogens with zero attached hydrogens (tertiary/aromatic N) is 2. The molecule has 0 atom stereocenters. The fourth-order valence-electron chi connectivity index (χ4n) is 2.16. The number of hydrogen-bond donors (Lipinski definition) is 2. The van der Waals surface area contributed by atoms with Gasteiger partial charge in [0.15, 0.2) is 5.76 Å². The lowest BCUT2D eigenvalue weighted by molar-refractivity contribution is 0.0699. The summed E-state index contributed by atoms with van der Waals surface area (Å²) in [4.78, 5) is 25.7. The van der Waals surface area contributed by atoms with Crippen LogP contribution in [0, 0.1) is 6.92 Å². The highest BCUT2D eigenvalue weighted by molar-refractivity contribution is 6.00. The molecule has 3 aromatic rings. The van der Waals surface area contributed by atoms with Crippen molar-refractivity contribution in [2.24, 2.45) is 0 Å². The topological polar surface area (TPSA) is 101 Å². The van der Waals surface area contributed by atoms with Gasteiger partial charge < -0.3 is 14.6 Å². The molecule has 102 valence electrons. The molecule has 0 aliphatic carbocycles. The number of hydrogen-bond acceptors (Lipinski definition) is 4. The van der Waals surface area contributed by atoms with E-state index >= 15 is 0 Å². The summed E-state index contributed by atoms with van der Waals surface area (Å²) in [5.41, 5.74) is 1.22. The Balaban J connectivity index is 2.16. The third kappa shape index (κ3) is 1.89. The van der Waals surface area contributed by atoms with Gasteiger partial charge in [-0.3, -0.25) is 4.57 Å². The summed E-state index contributed by atoms with van der Waals surface area (Å²) in [6.07, 6.45) is 0. The van der Waals surface area contributed by atoms with E-state index in [2.05, 4.69) is 10.1 Å². The van der Waals surface area contributed by atoms with E-state index in [9.17, 15) is 9.59 Å². The molecule has 0 amide bonds. The van der Waals surface area contributed by atoms with Crippen molar-refractivity contribution in [1.29, 1.82) is 0 Å². The van der Waals surface area contributed by atoms with Gasteiger partial charge in [0.05, 0.1) is 28.8 Å². The zero-order valence-electron chi connectivity index (χ0n) is 10.6. The third-order valence-corrected chi connectivity index (χ3v) is 3.03. The Hall–Kier alpha value is -2.83. The van der Waals surface area contributed by atoms with Crippen LogP contribution in [0.2, 0.25) is 0 Å². The molecule has 0 aliphatic rings. The van der Waals surface area contributed by atoms with E-state index in [-0.39, 0.29) is 17.8 Å². The number of carboxylic acid groups (broad SMARTS) is 1. The summed E-state index contributed by atoms with van der Waals surface area (Å²) in [6.45, 7) is 1.98. The summed E-state index contributed by atoms with van der Waals surface area (Å²) >= 11 is 0. The molecule has 0 aliphatic heterocycles. The average Bonchev–Trinajstić information content (AvgIpc) is 2.94. The van der Waals surface area contributed by atoms with Crippen LogP contribution in [0.1, 0.15) is 21.8 Å². The normalized spacial score (nSPS) is 11.1. The van der Waals surface area contributed by atoms with Crippen LogP contribution in [-0.2, 0) is 6.54 Å². The molecule has 7 nitrogen and oxygen atoms in total. The minimum atomic E-state index is -1.08. The standard InChI is InChI=1S/C13H11N3O4/c1-7-5-8(20-15-7)6-16-10-4-2-3-9(12(17)18)11(10)14-13(16)19/h2-5H,6H2,1H3,(H,14,19)(H,17,18). The maximum Gasteiger partial charge on any atom is 0.337 e. The Bertz CT molecular complexity index is 856. The number of rotatable bonds is 3. The van der Waals surface area contributed by atoms with Crippen molar-refractivity contribution in [3.8, 4) is 0 Å². The number of aromatic nitrogens is 3. The van der Waals surface area contributed by atoms with Crippen LogP contribution in [0.3, 0.4) is 0 Å². The number of imidazole rings is 1. The molecule has 0 unspecified atom stereocenters. The fourth-order valence-corrected chi connectivity index (χ4v) is 2.16. The lowest BCUT2D eigenvalue weighted by Gasteiger charge is -2.00. The van der Waals surface area contributed by atoms with Crippen LogP contribution in [0.25, 0.3) is 11.0 Å². The van der Waals surface area contributed by atoms with Gasteiger partial charge in [-0.2, -0.15) is 0 Å². The average molecular weight is 273 g/mol. The maximum atomic E-state index is 12.0. The number of benzene rings is 1. The lowest BCUT2D eigenvalue weighted by atomic mass is 10.2. The number of carbonyl (C=O) groups is 1. The smallest absolute Gasteiger partial charge is 0.337 e. The number of aromatic carboxylic acids is 1. The summed E-state index contributed by atoms with van der Waals surface area (Å²) in [6, 6.07) is 6.46. The van der Waals surface area contributed by atoms with E-state index < -0.39 is 5.97 Å². The maximum absolute atomic E-state index is 12.0. The van der Waals surface area contributed by atoms with Crippen molar-refractivity contribution in [3.63, 3.8) is 0 Å². The quantitative estimate of drug-likeness (QED) is 0.750. The summed E-state index contributed by atoms with van der Waals surface area (Å²) < 4.78 is 6.50. The van der Waals surface area contributed by atoms with E-state index in [1.165, 1.54) is 10.6 Å². The Morgan fingerprint density at radius 3 is 2.95 bits per heavy atom. The van der Waals surface area contributed by atoms with Crippen LogP contribution < -0.4 is 5.69 Å². The minimum absolute atomic E-state index is 0.0621. The number of aromatic amines is 1. The first-order valence-electron chi connectivity index (χ1n) is 5.93. The second-order valence-corrected chi connectivity index (χ2v) is 4.46. The first kappa shape index (κ1) is 12.2. The molecule has 2 heterocycles. The number of para-hydroxylation sites is 1. The lowest BCUT2D eigenvalue weighted by Crippen LogP contribution is -2.16. The fraction of sp³-hybridized carbons (Fsp3) is 0.154. The number of nitrogens with one attached hydrogen (secondary N) is 1. The molecule has 7 heteroatoms. The monoisotopic (exact) mass is 273 g/mol. The predicted octanol–water partition coefficient (Wildman–Crippen LogP) is 1.37. The molecule has 3 rings (SSSR count). The molecule has 20 heavy (non-hydrogen) atoms. The third-order valence-electron chi connectivity index (χ3n) is 3.03. The van der Waals surface area contributed by atoms with Gasteiger partial charge in [0.2, 0.25) is 0 Å². The highest BCUT2D eigenvalue weighted by Crippen LogP contribution is 2.16. The highest BCUT2D eigenvalue weighted by Gasteiger charge is 2.15. The summed E-state index contributed by atoms with van der Waals surface area (Å²) in [7, 11) is 0. The van der Waals surface area contributed by atoms with Crippen molar-refractivity contribution in [3.05, 3.63) is 51.8 Å². The van der Waals surface area contributed by atoms with Crippen molar-refractivity contribution < 1.29 is 14.4 Å². The van der Waals surface area contributed by atoms with Crippen LogP contribution >= 0.6 is 0 Å². The molecule has 0 saturated carbocycles. The van der Waals surface area contributed by atoms with Crippen LogP contribution in [0.15, 0.2) is 33.6 Å². The van der Waals surface area contributed by atoms with E-state index in [4.69, 9.17) is 9.63 Å². The Kier molecular flexibility index (Phi) is 2.67. The summed E-state index contributed by atoms with van der Waals surface area (Å²) in [5.74, 6) is -0.550. The number of carboxylic acids is 1. The van der Waals surface area contributed by atoms with Gasteiger partial charge >= 0.3 is 11.7 Å². The van der Waals surface area contributed by atoms with Crippen molar-refractivity contribution in [1.82, 2.24) is 14.7 Å². The molecule has 0 spiro atoms. The predicted molar refractivity (Wildman–Crippen MR) is 69.9 cm³/mol. The zero-order chi connectivity index (χ0) is 14.3. The molecular formula is C13H11N3O4. The SMILES string of the molecule is Cc1cc(Cn2c(=O)[nH]c3c(C(=O)O)cccc32)on1. The van der Waals surface area contributed by atoms with Crippen LogP contribution in [-0.4, -0.2) is 25.8 Å². The minimum Gasteiger partial charge on any atom is -0.478 e. The van der Waals surface area contributed by atoms with Crippen LogP contribution in [0.4, 0.5) is 0 Å². The Morgan fingerprint density at radius 2 is 2.30 bits per heavy atom. The molecule has 0 bridgehead atoms. The second-order valence-electron chi connectivity index (χ2n) is 4.46. The van der Waals surface area contributed by atoms with E-state index in [1.807, 2.05) is 0 Å². The van der Waals surface area contributed by atoms with E-state index in [0.717, 1.165) is 5.69 Å². The molecular weight excluding hydrogens is 262 g/mol. The van der Waals surface area contributed by atoms with Gasteiger partial charge in [0.25, 0.3) is 0 Å². The van der Waals surface area contributed by atoms with Gasteiger partial charge in [-0.1, -0.05) is 11.2 Å². The highest BCUT2D eigenvalue weighted by atomic mass is 16.5. The Morgan fingerprint density at radius 1 is 1.50 bits per heavy atom. The molecule has 2 aromatic heterocycles. The van der Waals surface area contributed by atoms with Crippen molar-refractivity contribution in [2.75, 3.05) is 0 Å². The van der Waals surface area contributed by atoms with E-state index in [1.54, 1.807) is 25.1 Å². The second kappa shape index (κ2) is 4.37. The first-order chi connectivity index (χ1) is 9.56. The molecule has 1 aromatic carbocycles. The number of H-pyrrole nitrogens is 1. The molecule has 2 N–H and O–H groups in total. The molecule has 0 fully saturated rings. The van der Waals surface area contributed by atoms with Gasteiger partial charge in [-0.25, -0.2) is 9.59 Å². The van der Waals surface area contributed by atoms with Crippen molar-refractivity contribution >= 4 is 17.0 Å². The molecule has 0 radical (unpaired) electrons. The van der Waals surface area contributed by atoms with Crippen molar-refractivity contribution in [2.45, 2.75) is 13.5 Å². The van der Waals surface area contributed by atoms with E-state index in [0.29, 0.717) is 16.8 Å². The summed E-state index contributed by atoms with van der Waals surface area (Å²) in [5, 5.41) is 12.9. The largest absolute Gasteiger partial charge is 0.478 e. The zero-order valence-corrected chi connectivity index (χ0v) is 10.6. The van der Waals surface area contributed by atoms with Gasteiger partial charge in [-0.15, -0.1) is 0 Å².